The molecule has 150 valence electrons. The van der Waals surface area contributed by atoms with Gasteiger partial charge in [0.2, 0.25) is 0 Å². The van der Waals surface area contributed by atoms with Crippen LogP contribution in [0.4, 0.5) is 0 Å². The Morgan fingerprint density at radius 1 is 1.22 bits per heavy atom. The van der Waals surface area contributed by atoms with Crippen LogP contribution in [-0.4, -0.2) is 63.9 Å². The second-order valence-corrected chi connectivity index (χ2v) is 9.82. The molecule has 1 aromatic carbocycles. The van der Waals surface area contributed by atoms with Crippen molar-refractivity contribution in [2.45, 2.75) is 29.9 Å². The van der Waals surface area contributed by atoms with Crippen LogP contribution < -0.4 is 5.32 Å². The predicted octanol–water partition coefficient (Wildman–Crippen LogP) is 2.42. The highest BCUT2D eigenvalue weighted by Crippen LogP contribution is 2.47. The van der Waals surface area contributed by atoms with Crippen molar-refractivity contribution in [3.63, 3.8) is 0 Å². The van der Waals surface area contributed by atoms with E-state index in [1.807, 2.05) is 0 Å². The third-order valence-electron chi connectivity index (χ3n) is 5.79. The fourth-order valence-electron chi connectivity index (χ4n) is 4.52. The van der Waals surface area contributed by atoms with Crippen LogP contribution in [0.1, 0.15) is 12.8 Å². The second kappa shape index (κ2) is 8.42. The van der Waals surface area contributed by atoms with Gasteiger partial charge in [0.1, 0.15) is 0 Å². The number of ether oxygens (including phenoxy) is 1. The van der Waals surface area contributed by atoms with Crippen molar-refractivity contribution in [3.8, 4) is 0 Å². The molecule has 4 atom stereocenters. The van der Waals surface area contributed by atoms with E-state index >= 15 is 0 Å². The molecule has 2 bridgehead atoms. The molecular formula is C18H25ClIN3O3S. The van der Waals surface area contributed by atoms with Crippen LogP contribution in [0.5, 0.6) is 0 Å². The van der Waals surface area contributed by atoms with Crippen LogP contribution in [0.3, 0.4) is 0 Å². The van der Waals surface area contributed by atoms with Crippen LogP contribution in [0, 0.1) is 11.8 Å². The first-order valence-electron chi connectivity index (χ1n) is 9.07. The average molecular weight is 526 g/mol. The monoisotopic (exact) mass is 525 g/mol. The van der Waals surface area contributed by atoms with Crippen molar-refractivity contribution in [2.75, 3.05) is 32.4 Å². The molecule has 3 aliphatic heterocycles. The van der Waals surface area contributed by atoms with Crippen molar-refractivity contribution >= 4 is 51.4 Å². The highest BCUT2D eigenvalue weighted by molar-refractivity contribution is 14.0. The molecule has 4 rings (SSSR count). The van der Waals surface area contributed by atoms with Gasteiger partial charge in [0.15, 0.2) is 15.8 Å². The molecule has 9 heteroatoms. The molecule has 0 aromatic heterocycles. The van der Waals surface area contributed by atoms with E-state index in [9.17, 15) is 8.42 Å². The average Bonchev–Trinajstić information content (AvgIpc) is 3.32. The Morgan fingerprint density at radius 2 is 1.81 bits per heavy atom. The first-order valence-corrected chi connectivity index (χ1v) is 11.1. The van der Waals surface area contributed by atoms with Gasteiger partial charge in [-0.1, -0.05) is 11.6 Å². The molecule has 0 amide bonds. The highest BCUT2D eigenvalue weighted by atomic mass is 127. The number of rotatable bonds is 4. The van der Waals surface area contributed by atoms with Gasteiger partial charge in [-0.15, -0.1) is 24.0 Å². The van der Waals surface area contributed by atoms with Gasteiger partial charge >= 0.3 is 0 Å². The summed E-state index contributed by atoms with van der Waals surface area (Å²) in [5.41, 5.74) is 0. The van der Waals surface area contributed by atoms with E-state index in [4.69, 9.17) is 16.3 Å². The number of guanidine groups is 1. The maximum atomic E-state index is 12.4. The molecule has 3 fully saturated rings. The molecule has 0 aliphatic carbocycles. The number of benzene rings is 1. The van der Waals surface area contributed by atoms with E-state index in [1.165, 1.54) is 12.8 Å². The molecule has 3 aliphatic rings. The van der Waals surface area contributed by atoms with Crippen LogP contribution in [0.2, 0.25) is 5.02 Å². The largest absolute Gasteiger partial charge is 0.374 e. The molecule has 0 saturated carbocycles. The number of fused-ring (bicyclic) bond motifs is 5. The maximum Gasteiger partial charge on any atom is 0.193 e. The predicted molar refractivity (Wildman–Crippen MR) is 117 cm³/mol. The molecule has 3 saturated heterocycles. The zero-order valence-corrected chi connectivity index (χ0v) is 19.1. The fraction of sp³-hybridized carbons (Fsp3) is 0.611. The number of aliphatic imine (C=N–C) groups is 1. The summed E-state index contributed by atoms with van der Waals surface area (Å²) in [6.07, 6.45) is 3.15. The Kier molecular flexibility index (Phi) is 6.59. The minimum Gasteiger partial charge on any atom is -0.374 e. The number of nitrogens with one attached hydrogen (secondary N) is 1. The lowest BCUT2D eigenvalue weighted by atomic mass is 9.82. The Labute approximate surface area is 182 Å². The first-order chi connectivity index (χ1) is 12.5. The molecule has 4 unspecified atom stereocenters. The lowest BCUT2D eigenvalue weighted by molar-refractivity contribution is 0.0767. The Balaban J connectivity index is 0.00000210. The van der Waals surface area contributed by atoms with Crippen molar-refractivity contribution < 1.29 is 13.2 Å². The summed E-state index contributed by atoms with van der Waals surface area (Å²) in [7, 11) is -1.60. The van der Waals surface area contributed by atoms with Crippen LogP contribution >= 0.6 is 35.6 Å². The van der Waals surface area contributed by atoms with Gasteiger partial charge in [0.25, 0.3) is 0 Å². The van der Waals surface area contributed by atoms with Gasteiger partial charge in [-0.3, -0.25) is 4.99 Å². The van der Waals surface area contributed by atoms with Gasteiger partial charge in [0, 0.05) is 43.5 Å². The minimum atomic E-state index is -3.34. The summed E-state index contributed by atoms with van der Waals surface area (Å²) in [5, 5.41) is 3.75. The molecule has 0 radical (unpaired) electrons. The lowest BCUT2D eigenvalue weighted by Crippen LogP contribution is -2.42. The third kappa shape index (κ3) is 4.23. The maximum absolute atomic E-state index is 12.4. The molecule has 27 heavy (non-hydrogen) atoms. The van der Waals surface area contributed by atoms with Gasteiger partial charge in [-0.05, 0) is 37.1 Å². The van der Waals surface area contributed by atoms with Gasteiger partial charge in [-0.2, -0.15) is 0 Å². The van der Waals surface area contributed by atoms with Crippen molar-refractivity contribution in [2.24, 2.45) is 16.8 Å². The van der Waals surface area contributed by atoms with E-state index in [-0.39, 0.29) is 29.7 Å². The molecule has 1 N–H and O–H groups in total. The van der Waals surface area contributed by atoms with Crippen LogP contribution in [-0.2, 0) is 14.6 Å². The smallest absolute Gasteiger partial charge is 0.193 e. The van der Waals surface area contributed by atoms with Crippen molar-refractivity contribution in [3.05, 3.63) is 29.3 Å². The summed E-state index contributed by atoms with van der Waals surface area (Å²) in [6.45, 7) is 2.21. The fourth-order valence-corrected chi connectivity index (χ4v) is 5.81. The quantitative estimate of drug-likeness (QED) is 0.371. The zero-order chi connectivity index (χ0) is 18.3. The van der Waals surface area contributed by atoms with Crippen molar-refractivity contribution in [1.82, 2.24) is 10.2 Å². The number of nitrogens with zero attached hydrogens (tertiary/aromatic N) is 2. The van der Waals surface area contributed by atoms with E-state index < -0.39 is 9.84 Å². The summed E-state index contributed by atoms with van der Waals surface area (Å²) >= 11 is 5.83. The molecule has 0 spiro atoms. The Morgan fingerprint density at radius 3 is 2.37 bits per heavy atom. The number of hydrogen-bond donors (Lipinski definition) is 1. The van der Waals surface area contributed by atoms with Gasteiger partial charge in [-0.25, -0.2) is 8.42 Å². The topological polar surface area (TPSA) is 71.0 Å². The summed E-state index contributed by atoms with van der Waals surface area (Å²) in [5.74, 6) is 1.98. The number of hydrogen-bond acceptors (Lipinski definition) is 4. The minimum absolute atomic E-state index is 0. The first kappa shape index (κ1) is 21.1. The normalized spacial score (nSPS) is 29.6. The van der Waals surface area contributed by atoms with Crippen LogP contribution in [0.15, 0.2) is 34.2 Å². The zero-order valence-electron chi connectivity index (χ0n) is 15.2. The molecular weight excluding hydrogens is 501 g/mol. The number of halogens is 2. The van der Waals surface area contributed by atoms with E-state index in [0.29, 0.717) is 40.5 Å². The summed E-state index contributed by atoms with van der Waals surface area (Å²) < 4.78 is 30.9. The van der Waals surface area contributed by atoms with E-state index in [1.54, 1.807) is 31.3 Å². The SMILES string of the molecule is CN=C(NCCS(=O)(=O)c1ccc(Cl)cc1)N1CC2C3CCC(O3)C2C1.I. The lowest BCUT2D eigenvalue weighted by Gasteiger charge is -2.23. The highest BCUT2D eigenvalue weighted by Gasteiger charge is 2.53. The molecule has 6 nitrogen and oxygen atoms in total. The van der Waals surface area contributed by atoms with Crippen molar-refractivity contribution in [1.29, 1.82) is 0 Å². The van der Waals surface area contributed by atoms with E-state index in [2.05, 4.69) is 15.2 Å². The van der Waals surface area contributed by atoms with Crippen LogP contribution in [0.25, 0.3) is 0 Å². The van der Waals surface area contributed by atoms with Gasteiger partial charge < -0.3 is 15.0 Å². The molecule has 3 heterocycles. The Bertz CT molecular complexity index is 785. The molecule has 1 aromatic rings. The third-order valence-corrected chi connectivity index (χ3v) is 7.77. The Hall–Kier alpha value is -0.580. The standard InChI is InChI=1S/C18H24ClN3O3S.HI/c1-20-18(22-10-14-15(11-22)17-7-6-16(14)25-17)21-8-9-26(23,24)13-4-2-12(19)3-5-13;/h2-5,14-17H,6-11H2,1H3,(H,20,21);1H. The van der Waals surface area contributed by atoms with E-state index in [0.717, 1.165) is 19.0 Å². The number of sulfone groups is 1. The summed E-state index contributed by atoms with van der Waals surface area (Å²) in [6, 6.07) is 6.29. The second-order valence-electron chi connectivity index (χ2n) is 7.27. The summed E-state index contributed by atoms with van der Waals surface area (Å²) in [4.78, 5) is 6.89. The number of likely N-dealkylation sites (tertiary alicyclic amines) is 1. The van der Waals surface area contributed by atoms with Gasteiger partial charge in [0.05, 0.1) is 22.9 Å².